The van der Waals surface area contributed by atoms with Crippen molar-refractivity contribution in [3.05, 3.63) is 24.2 Å². The summed E-state index contributed by atoms with van der Waals surface area (Å²) in [5.74, 6) is 0.946. The zero-order valence-corrected chi connectivity index (χ0v) is 11.0. The quantitative estimate of drug-likeness (QED) is 0.802. The Hall–Kier alpha value is -0.880. The Morgan fingerprint density at radius 3 is 2.83 bits per heavy atom. The van der Waals surface area contributed by atoms with Gasteiger partial charge in [0.15, 0.2) is 0 Å². The summed E-state index contributed by atoms with van der Waals surface area (Å²) in [6.07, 6.45) is 1.70. The molecule has 2 heterocycles. The predicted molar refractivity (Wildman–Crippen MR) is 70.4 cm³/mol. The maximum atomic E-state index is 5.84. The molecule has 0 bridgehead atoms. The van der Waals surface area contributed by atoms with Crippen molar-refractivity contribution < 1.29 is 9.15 Å². The molecule has 1 aliphatic heterocycles. The lowest BCUT2D eigenvalue weighted by Crippen LogP contribution is -2.42. The van der Waals surface area contributed by atoms with Crippen LogP contribution in [0.3, 0.4) is 0 Å². The van der Waals surface area contributed by atoms with E-state index in [4.69, 9.17) is 14.9 Å². The van der Waals surface area contributed by atoms with E-state index in [0.717, 1.165) is 45.2 Å². The van der Waals surface area contributed by atoms with Crippen molar-refractivity contribution in [3.8, 4) is 0 Å². The van der Waals surface area contributed by atoms with E-state index in [9.17, 15) is 0 Å². The molecule has 102 valence electrons. The van der Waals surface area contributed by atoms with Gasteiger partial charge in [-0.3, -0.25) is 9.80 Å². The molecule has 1 unspecified atom stereocenters. The Morgan fingerprint density at radius 1 is 1.44 bits per heavy atom. The van der Waals surface area contributed by atoms with Gasteiger partial charge in [-0.2, -0.15) is 0 Å². The summed E-state index contributed by atoms with van der Waals surface area (Å²) in [7, 11) is 2.10. The molecule has 1 fully saturated rings. The summed E-state index contributed by atoms with van der Waals surface area (Å²) in [5.41, 5.74) is 5.84. The average molecular weight is 253 g/mol. The number of rotatable bonds is 6. The largest absolute Gasteiger partial charge is 0.468 e. The molecule has 5 heteroatoms. The fourth-order valence-corrected chi connectivity index (χ4v) is 2.27. The first-order valence-electron chi connectivity index (χ1n) is 6.55. The number of nitrogens with two attached hydrogens (primary N) is 1. The summed E-state index contributed by atoms with van der Waals surface area (Å²) < 4.78 is 10.8. The van der Waals surface area contributed by atoms with E-state index in [1.54, 1.807) is 6.26 Å². The monoisotopic (exact) mass is 253 g/mol. The van der Waals surface area contributed by atoms with Crippen molar-refractivity contribution >= 4 is 0 Å². The highest BCUT2D eigenvalue weighted by atomic mass is 16.5. The topological polar surface area (TPSA) is 54.9 Å². The van der Waals surface area contributed by atoms with Gasteiger partial charge in [-0.05, 0) is 19.2 Å². The molecule has 18 heavy (non-hydrogen) atoms. The minimum Gasteiger partial charge on any atom is -0.468 e. The summed E-state index contributed by atoms with van der Waals surface area (Å²) in [5, 5.41) is 0. The summed E-state index contributed by atoms with van der Waals surface area (Å²) >= 11 is 0. The molecule has 0 amide bonds. The molecule has 2 N–H and O–H groups in total. The number of likely N-dealkylation sites (N-methyl/N-ethyl adjacent to an activating group) is 1. The predicted octanol–water partition coefficient (Wildman–Crippen LogP) is 0.543. The summed E-state index contributed by atoms with van der Waals surface area (Å²) in [6, 6.07) is 4.07. The highest BCUT2D eigenvalue weighted by molar-refractivity contribution is 5.05. The van der Waals surface area contributed by atoms with Crippen LogP contribution in [-0.2, 0) is 4.74 Å². The molecule has 0 spiro atoms. The third-order valence-corrected chi connectivity index (χ3v) is 3.50. The van der Waals surface area contributed by atoms with Gasteiger partial charge < -0.3 is 14.9 Å². The van der Waals surface area contributed by atoms with Gasteiger partial charge in [-0.15, -0.1) is 0 Å². The number of morpholine rings is 1. The van der Waals surface area contributed by atoms with E-state index in [1.807, 2.05) is 12.1 Å². The molecule has 0 aromatic carbocycles. The average Bonchev–Trinajstić information content (AvgIpc) is 2.92. The molecule has 0 radical (unpaired) electrons. The number of nitrogens with zero attached hydrogens (tertiary/aromatic N) is 2. The third kappa shape index (κ3) is 3.55. The van der Waals surface area contributed by atoms with E-state index in [2.05, 4.69) is 16.8 Å². The van der Waals surface area contributed by atoms with Crippen LogP contribution >= 0.6 is 0 Å². The minimum atomic E-state index is 0.168. The molecular weight excluding hydrogens is 230 g/mol. The Balaban J connectivity index is 1.80. The first-order chi connectivity index (χ1) is 8.81. The highest BCUT2D eigenvalue weighted by Crippen LogP contribution is 2.18. The second-order valence-electron chi connectivity index (χ2n) is 4.70. The molecule has 1 aliphatic rings. The van der Waals surface area contributed by atoms with E-state index in [-0.39, 0.29) is 6.04 Å². The molecule has 1 atom stereocenters. The minimum absolute atomic E-state index is 0.168. The smallest absolute Gasteiger partial charge is 0.122 e. The van der Waals surface area contributed by atoms with Crippen LogP contribution in [0.15, 0.2) is 22.8 Å². The standard InChI is InChI=1S/C13H23N3O2/c1-15(4-5-16-6-9-17-10-7-16)12(11-14)13-3-2-8-18-13/h2-3,8,12H,4-7,9-11,14H2,1H3. The van der Waals surface area contributed by atoms with Gasteiger partial charge in [0, 0.05) is 32.7 Å². The lowest BCUT2D eigenvalue weighted by atomic mass is 10.2. The number of ether oxygens (including phenoxy) is 1. The summed E-state index contributed by atoms with van der Waals surface area (Å²) in [4.78, 5) is 4.68. The van der Waals surface area contributed by atoms with Crippen molar-refractivity contribution in [2.45, 2.75) is 6.04 Å². The van der Waals surface area contributed by atoms with Crippen molar-refractivity contribution in [1.82, 2.24) is 9.80 Å². The summed E-state index contributed by atoms with van der Waals surface area (Å²) in [6.45, 7) is 6.38. The maximum Gasteiger partial charge on any atom is 0.122 e. The fourth-order valence-electron chi connectivity index (χ4n) is 2.27. The van der Waals surface area contributed by atoms with Gasteiger partial charge in [0.05, 0.1) is 25.5 Å². The van der Waals surface area contributed by atoms with E-state index in [1.165, 1.54) is 0 Å². The SMILES string of the molecule is CN(CCN1CCOCC1)C(CN)c1ccco1. The van der Waals surface area contributed by atoms with Crippen LogP contribution in [0.25, 0.3) is 0 Å². The van der Waals surface area contributed by atoms with Crippen LogP contribution in [-0.4, -0.2) is 62.8 Å². The third-order valence-electron chi connectivity index (χ3n) is 3.50. The van der Waals surface area contributed by atoms with Gasteiger partial charge in [-0.1, -0.05) is 0 Å². The van der Waals surface area contributed by atoms with E-state index in [0.29, 0.717) is 6.54 Å². The molecule has 0 aliphatic carbocycles. The Labute approximate surface area is 108 Å². The zero-order valence-electron chi connectivity index (χ0n) is 11.0. The lowest BCUT2D eigenvalue weighted by molar-refractivity contribution is 0.0322. The molecular formula is C13H23N3O2. The lowest BCUT2D eigenvalue weighted by Gasteiger charge is -2.31. The second-order valence-corrected chi connectivity index (χ2v) is 4.70. The second kappa shape index (κ2) is 6.89. The molecule has 1 aromatic rings. The van der Waals surface area contributed by atoms with Crippen molar-refractivity contribution in [2.75, 3.05) is 53.0 Å². The number of hydrogen-bond donors (Lipinski definition) is 1. The maximum absolute atomic E-state index is 5.84. The van der Waals surface area contributed by atoms with Crippen molar-refractivity contribution in [3.63, 3.8) is 0 Å². The molecule has 1 saturated heterocycles. The van der Waals surface area contributed by atoms with Crippen molar-refractivity contribution in [2.24, 2.45) is 5.73 Å². The van der Waals surface area contributed by atoms with Crippen LogP contribution in [0.2, 0.25) is 0 Å². The molecule has 2 rings (SSSR count). The number of furan rings is 1. The van der Waals surface area contributed by atoms with Gasteiger partial charge in [0.1, 0.15) is 5.76 Å². The zero-order chi connectivity index (χ0) is 12.8. The normalized spacial score (nSPS) is 19.3. The number of hydrogen-bond acceptors (Lipinski definition) is 5. The molecule has 1 aromatic heterocycles. The van der Waals surface area contributed by atoms with E-state index >= 15 is 0 Å². The van der Waals surface area contributed by atoms with Gasteiger partial charge in [0.2, 0.25) is 0 Å². The molecule has 5 nitrogen and oxygen atoms in total. The first kappa shape index (κ1) is 13.5. The fraction of sp³-hybridized carbons (Fsp3) is 0.692. The van der Waals surface area contributed by atoms with Crippen LogP contribution in [0, 0.1) is 0 Å². The Bertz CT molecular complexity index is 323. The van der Waals surface area contributed by atoms with Crippen LogP contribution in [0.1, 0.15) is 11.8 Å². The van der Waals surface area contributed by atoms with Crippen LogP contribution < -0.4 is 5.73 Å². The molecule has 0 saturated carbocycles. The van der Waals surface area contributed by atoms with Crippen LogP contribution in [0.4, 0.5) is 0 Å². The van der Waals surface area contributed by atoms with Crippen molar-refractivity contribution in [1.29, 1.82) is 0 Å². The highest BCUT2D eigenvalue weighted by Gasteiger charge is 2.19. The Morgan fingerprint density at radius 2 is 2.22 bits per heavy atom. The van der Waals surface area contributed by atoms with E-state index < -0.39 is 0 Å². The van der Waals surface area contributed by atoms with Gasteiger partial charge in [-0.25, -0.2) is 0 Å². The first-order valence-corrected chi connectivity index (χ1v) is 6.55. The van der Waals surface area contributed by atoms with Gasteiger partial charge in [0.25, 0.3) is 0 Å². The van der Waals surface area contributed by atoms with Crippen LogP contribution in [0.5, 0.6) is 0 Å². The van der Waals surface area contributed by atoms with Gasteiger partial charge >= 0.3 is 0 Å². The Kier molecular flexibility index (Phi) is 5.19.